The van der Waals surface area contributed by atoms with Gasteiger partial charge in [-0.15, -0.1) is 0 Å². The van der Waals surface area contributed by atoms with Gasteiger partial charge in [-0.25, -0.2) is 9.82 Å². The Balaban J connectivity index is 1.52. The number of nitrogens with one attached hydrogen (secondary N) is 3. The summed E-state index contributed by atoms with van der Waals surface area (Å²) in [7, 11) is 1.43. The summed E-state index contributed by atoms with van der Waals surface area (Å²) in [4.78, 5) is 35.9. The highest BCUT2D eigenvalue weighted by Crippen LogP contribution is 2.27. The normalized spacial score (nSPS) is 10.5. The van der Waals surface area contributed by atoms with Crippen molar-refractivity contribution in [2.45, 2.75) is 0 Å². The molecule has 3 rings (SSSR count). The van der Waals surface area contributed by atoms with Crippen LogP contribution in [0.15, 0.2) is 76.3 Å². The summed E-state index contributed by atoms with van der Waals surface area (Å²) in [5.74, 6) is -2.52. The Morgan fingerprint density at radius 2 is 1.71 bits per heavy atom. The van der Waals surface area contributed by atoms with Crippen molar-refractivity contribution in [2.75, 3.05) is 24.4 Å². The van der Waals surface area contributed by atoms with Crippen molar-refractivity contribution in [3.05, 3.63) is 82.6 Å². The highest BCUT2D eigenvalue weighted by Gasteiger charge is 2.15. The third-order valence-electron chi connectivity index (χ3n) is 4.38. The minimum Gasteiger partial charge on any atom is -0.493 e. The molecule has 0 aliphatic rings. The van der Waals surface area contributed by atoms with Crippen LogP contribution in [0.2, 0.25) is 0 Å². The summed E-state index contributed by atoms with van der Waals surface area (Å²) in [6, 6.07) is 17.3. The van der Waals surface area contributed by atoms with Crippen LogP contribution >= 0.6 is 15.9 Å². The number of methoxy groups -OCH3 is 1. The fourth-order valence-electron chi connectivity index (χ4n) is 2.72. The molecule has 3 amide bonds. The van der Waals surface area contributed by atoms with E-state index in [1.807, 2.05) is 0 Å². The summed E-state index contributed by atoms with van der Waals surface area (Å²) >= 11 is 3.33. The van der Waals surface area contributed by atoms with Crippen molar-refractivity contribution in [2.24, 2.45) is 5.10 Å². The SMILES string of the molecule is COc1cc(/C=N\NC(=O)C(=O)Nc2ccccc2F)ccc1OCC(=O)Nc1ccc(Br)cc1. The van der Waals surface area contributed by atoms with Crippen LogP contribution in [0.3, 0.4) is 0 Å². The lowest BCUT2D eigenvalue weighted by molar-refractivity contribution is -0.136. The van der Waals surface area contributed by atoms with Gasteiger partial charge in [0.25, 0.3) is 5.91 Å². The van der Waals surface area contributed by atoms with Gasteiger partial charge in [-0.05, 0) is 60.2 Å². The fraction of sp³-hybridized carbons (Fsp3) is 0.0833. The van der Waals surface area contributed by atoms with E-state index in [0.29, 0.717) is 22.7 Å². The van der Waals surface area contributed by atoms with Crippen LogP contribution in [0.1, 0.15) is 5.56 Å². The van der Waals surface area contributed by atoms with Crippen molar-refractivity contribution >= 4 is 51.2 Å². The fourth-order valence-corrected chi connectivity index (χ4v) is 2.98. The summed E-state index contributed by atoms with van der Waals surface area (Å²) < 4.78 is 25.3. The predicted octanol–water partition coefficient (Wildman–Crippen LogP) is 3.70. The molecule has 0 saturated carbocycles. The van der Waals surface area contributed by atoms with Crippen LogP contribution in [0.4, 0.5) is 15.8 Å². The number of benzene rings is 3. The van der Waals surface area contributed by atoms with Crippen LogP contribution in [0.5, 0.6) is 11.5 Å². The van der Waals surface area contributed by atoms with Crippen molar-refractivity contribution < 1.29 is 28.2 Å². The molecule has 0 saturated heterocycles. The number of anilines is 2. The molecule has 3 aromatic rings. The first-order chi connectivity index (χ1) is 16.9. The molecule has 0 fully saturated rings. The van der Waals surface area contributed by atoms with Gasteiger partial charge in [0.2, 0.25) is 0 Å². The minimum absolute atomic E-state index is 0.123. The number of nitrogens with zero attached hydrogens (tertiary/aromatic N) is 1. The zero-order chi connectivity index (χ0) is 25.2. The van der Waals surface area contributed by atoms with Crippen molar-refractivity contribution in [3.8, 4) is 11.5 Å². The van der Waals surface area contributed by atoms with E-state index in [4.69, 9.17) is 9.47 Å². The first-order valence-corrected chi connectivity index (χ1v) is 10.9. The van der Waals surface area contributed by atoms with Crippen LogP contribution in [-0.2, 0) is 14.4 Å². The maximum absolute atomic E-state index is 13.6. The summed E-state index contributed by atoms with van der Waals surface area (Å²) in [5.41, 5.74) is 3.08. The molecule has 0 heterocycles. The molecule has 0 bridgehead atoms. The van der Waals surface area contributed by atoms with E-state index >= 15 is 0 Å². The van der Waals surface area contributed by atoms with E-state index in [2.05, 4.69) is 37.1 Å². The topological polar surface area (TPSA) is 118 Å². The first-order valence-electron chi connectivity index (χ1n) is 10.1. The lowest BCUT2D eigenvalue weighted by atomic mass is 10.2. The molecular weight excluding hydrogens is 523 g/mol. The molecule has 0 aromatic heterocycles. The van der Waals surface area contributed by atoms with Crippen LogP contribution in [0.25, 0.3) is 0 Å². The molecule has 3 N–H and O–H groups in total. The van der Waals surface area contributed by atoms with Gasteiger partial charge >= 0.3 is 11.8 Å². The third-order valence-corrected chi connectivity index (χ3v) is 4.91. The van der Waals surface area contributed by atoms with Gasteiger partial charge in [0.15, 0.2) is 18.1 Å². The Morgan fingerprint density at radius 1 is 0.971 bits per heavy atom. The largest absolute Gasteiger partial charge is 0.493 e. The average Bonchev–Trinajstić information content (AvgIpc) is 2.85. The van der Waals surface area contributed by atoms with Gasteiger partial charge in [0, 0.05) is 10.2 Å². The van der Waals surface area contributed by atoms with E-state index in [9.17, 15) is 18.8 Å². The lowest BCUT2D eigenvalue weighted by Gasteiger charge is -2.11. The number of hydrazone groups is 1. The van der Waals surface area contributed by atoms with E-state index in [0.717, 1.165) is 10.5 Å². The van der Waals surface area contributed by atoms with E-state index in [1.54, 1.807) is 42.5 Å². The maximum atomic E-state index is 13.6. The van der Waals surface area contributed by atoms with Crippen molar-refractivity contribution in [1.82, 2.24) is 5.43 Å². The van der Waals surface area contributed by atoms with Gasteiger partial charge in [-0.1, -0.05) is 28.1 Å². The van der Waals surface area contributed by atoms with Crippen LogP contribution in [0, 0.1) is 5.82 Å². The molecule has 0 aliphatic carbocycles. The second kappa shape index (κ2) is 12.3. The zero-order valence-corrected chi connectivity index (χ0v) is 20.0. The average molecular weight is 543 g/mol. The Labute approximate surface area is 208 Å². The minimum atomic E-state index is -1.08. The van der Waals surface area contributed by atoms with E-state index < -0.39 is 17.6 Å². The number of halogens is 2. The predicted molar refractivity (Wildman–Crippen MR) is 132 cm³/mol. The molecule has 0 aliphatic heterocycles. The number of hydrogen-bond donors (Lipinski definition) is 3. The highest BCUT2D eigenvalue weighted by molar-refractivity contribution is 9.10. The molecule has 0 radical (unpaired) electrons. The highest BCUT2D eigenvalue weighted by atomic mass is 79.9. The molecule has 180 valence electrons. The molecular formula is C24H20BrFN4O5. The first kappa shape index (κ1) is 25.4. The Bertz CT molecular complexity index is 1250. The Morgan fingerprint density at radius 3 is 2.43 bits per heavy atom. The van der Waals surface area contributed by atoms with Gasteiger partial charge in [0.1, 0.15) is 5.82 Å². The Hall–Kier alpha value is -4.25. The van der Waals surface area contributed by atoms with Crippen molar-refractivity contribution in [1.29, 1.82) is 0 Å². The van der Waals surface area contributed by atoms with Crippen LogP contribution < -0.4 is 25.5 Å². The number of ether oxygens (including phenoxy) is 2. The van der Waals surface area contributed by atoms with Crippen LogP contribution in [-0.4, -0.2) is 37.7 Å². The molecule has 0 atom stereocenters. The molecule has 35 heavy (non-hydrogen) atoms. The number of hydrogen-bond acceptors (Lipinski definition) is 6. The standard InChI is InChI=1S/C24H20BrFN4O5/c1-34-21-12-15(13-27-30-24(33)23(32)29-19-5-3-2-4-18(19)26)6-11-20(21)35-14-22(31)28-17-9-7-16(25)8-10-17/h2-13H,14H2,1H3,(H,28,31)(H,29,32)(H,30,33)/b27-13-. The monoisotopic (exact) mass is 542 g/mol. The number of rotatable bonds is 8. The summed E-state index contributed by atoms with van der Waals surface area (Å²) in [6.45, 7) is -0.243. The number of amides is 3. The quantitative estimate of drug-likeness (QED) is 0.228. The zero-order valence-electron chi connectivity index (χ0n) is 18.4. The van der Waals surface area contributed by atoms with Gasteiger partial charge in [-0.3, -0.25) is 14.4 Å². The number of carbonyl (C=O) groups excluding carboxylic acids is 3. The smallest absolute Gasteiger partial charge is 0.329 e. The molecule has 0 spiro atoms. The summed E-state index contributed by atoms with van der Waals surface area (Å²) in [6.07, 6.45) is 1.28. The maximum Gasteiger partial charge on any atom is 0.329 e. The molecule has 3 aromatic carbocycles. The number of para-hydroxylation sites is 1. The van der Waals surface area contributed by atoms with Gasteiger partial charge < -0.3 is 20.1 Å². The number of carbonyl (C=O) groups is 3. The second-order valence-corrected chi connectivity index (χ2v) is 7.80. The lowest BCUT2D eigenvalue weighted by Crippen LogP contribution is -2.32. The van der Waals surface area contributed by atoms with Gasteiger partial charge in [0.05, 0.1) is 19.0 Å². The third kappa shape index (κ3) is 7.64. The molecule has 9 nitrogen and oxygen atoms in total. The molecule has 11 heteroatoms. The summed E-state index contributed by atoms with van der Waals surface area (Å²) in [5, 5.41) is 8.58. The van der Waals surface area contributed by atoms with Crippen molar-refractivity contribution in [3.63, 3.8) is 0 Å². The second-order valence-electron chi connectivity index (χ2n) is 6.89. The Kier molecular flexibility index (Phi) is 8.90. The van der Waals surface area contributed by atoms with E-state index in [1.165, 1.54) is 31.5 Å². The van der Waals surface area contributed by atoms with E-state index in [-0.39, 0.29) is 18.2 Å². The molecule has 0 unspecified atom stereocenters. The van der Waals surface area contributed by atoms with Gasteiger partial charge in [-0.2, -0.15) is 5.10 Å².